The Labute approximate surface area is 141 Å². The molecular weight excluding hydrogens is 308 g/mol. The van der Waals surface area contributed by atoms with E-state index in [9.17, 15) is 0 Å². The summed E-state index contributed by atoms with van der Waals surface area (Å²) >= 11 is 5.88. The molecule has 0 fully saturated rings. The zero-order chi connectivity index (χ0) is 16.1. The summed E-state index contributed by atoms with van der Waals surface area (Å²) < 4.78 is 7.93. The minimum Gasteiger partial charge on any atom is -0.489 e. The van der Waals surface area contributed by atoms with Crippen LogP contribution >= 0.6 is 11.6 Å². The number of benzene rings is 2. The molecule has 3 nitrogen and oxygen atoms in total. The van der Waals surface area contributed by atoms with Gasteiger partial charge in [-0.1, -0.05) is 30.7 Å². The molecule has 0 saturated carbocycles. The number of rotatable bonds is 6. The zero-order valence-electron chi connectivity index (χ0n) is 13.1. The van der Waals surface area contributed by atoms with E-state index in [1.54, 1.807) is 0 Å². The van der Waals surface area contributed by atoms with Gasteiger partial charge in [-0.25, -0.2) is 4.98 Å². The molecule has 0 aliphatic carbocycles. The van der Waals surface area contributed by atoms with Crippen molar-refractivity contribution in [3.63, 3.8) is 0 Å². The van der Waals surface area contributed by atoms with E-state index in [2.05, 4.69) is 28.6 Å². The molecule has 1 heterocycles. The van der Waals surface area contributed by atoms with Crippen molar-refractivity contribution in [3.05, 3.63) is 77.3 Å². The predicted octanol–water partition coefficient (Wildman–Crippen LogP) is 5.06. The molecule has 0 atom stereocenters. The molecule has 0 radical (unpaired) electrons. The topological polar surface area (TPSA) is 27.1 Å². The highest BCUT2D eigenvalue weighted by atomic mass is 35.5. The average Bonchev–Trinajstić information content (AvgIpc) is 3.03. The highest BCUT2D eigenvalue weighted by molar-refractivity contribution is 6.30. The van der Waals surface area contributed by atoms with E-state index in [0.29, 0.717) is 6.61 Å². The van der Waals surface area contributed by atoms with E-state index in [1.807, 2.05) is 48.8 Å². The van der Waals surface area contributed by atoms with Crippen LogP contribution < -0.4 is 4.74 Å². The molecule has 0 N–H and O–H groups in total. The molecule has 4 heteroatoms. The van der Waals surface area contributed by atoms with Gasteiger partial charge in [0.25, 0.3) is 0 Å². The maximum atomic E-state index is 5.88. The lowest BCUT2D eigenvalue weighted by molar-refractivity contribution is 0.306. The molecule has 0 amide bonds. The van der Waals surface area contributed by atoms with Crippen molar-refractivity contribution in [1.82, 2.24) is 9.55 Å². The summed E-state index contributed by atoms with van der Waals surface area (Å²) in [5.74, 6) is 1.93. The molecule has 0 spiro atoms. The van der Waals surface area contributed by atoms with Crippen LogP contribution in [-0.2, 0) is 13.0 Å². The van der Waals surface area contributed by atoms with Crippen LogP contribution in [0.2, 0.25) is 5.02 Å². The highest BCUT2D eigenvalue weighted by Gasteiger charge is 2.04. The summed E-state index contributed by atoms with van der Waals surface area (Å²) in [6.45, 7) is 2.69. The number of nitrogens with zero attached hydrogens (tertiary/aromatic N) is 2. The van der Waals surface area contributed by atoms with Crippen molar-refractivity contribution in [2.24, 2.45) is 0 Å². The monoisotopic (exact) mass is 326 g/mol. The van der Waals surface area contributed by atoms with E-state index in [4.69, 9.17) is 16.3 Å². The molecule has 23 heavy (non-hydrogen) atoms. The van der Waals surface area contributed by atoms with Gasteiger partial charge < -0.3 is 9.30 Å². The lowest BCUT2D eigenvalue weighted by Crippen LogP contribution is -2.00. The maximum Gasteiger partial charge on any atom is 0.119 e. The third-order valence-corrected chi connectivity index (χ3v) is 3.88. The van der Waals surface area contributed by atoms with Crippen molar-refractivity contribution in [2.75, 3.05) is 0 Å². The third kappa shape index (κ3) is 3.93. The minimum absolute atomic E-state index is 0.530. The predicted molar refractivity (Wildman–Crippen MR) is 93.3 cm³/mol. The Bertz CT molecular complexity index is 748. The Kier molecular flexibility index (Phi) is 4.99. The van der Waals surface area contributed by atoms with Gasteiger partial charge in [0.05, 0.1) is 0 Å². The molecular formula is C19H19ClN2O. The minimum atomic E-state index is 0.530. The Morgan fingerprint density at radius 2 is 1.78 bits per heavy atom. The third-order valence-electron chi connectivity index (χ3n) is 3.62. The van der Waals surface area contributed by atoms with Crippen LogP contribution in [0.5, 0.6) is 5.75 Å². The number of ether oxygens (including phenoxy) is 1. The highest BCUT2D eigenvalue weighted by Crippen LogP contribution is 2.19. The van der Waals surface area contributed by atoms with Crippen molar-refractivity contribution in [2.45, 2.75) is 26.4 Å². The first-order valence-electron chi connectivity index (χ1n) is 7.76. The number of hydrogen-bond donors (Lipinski definition) is 0. The van der Waals surface area contributed by atoms with E-state index in [0.717, 1.165) is 40.7 Å². The first-order valence-corrected chi connectivity index (χ1v) is 8.14. The van der Waals surface area contributed by atoms with Crippen LogP contribution in [0.4, 0.5) is 0 Å². The first kappa shape index (κ1) is 15.6. The maximum absolute atomic E-state index is 5.88. The largest absolute Gasteiger partial charge is 0.489 e. The Morgan fingerprint density at radius 1 is 1.04 bits per heavy atom. The van der Waals surface area contributed by atoms with Crippen LogP contribution in [0.15, 0.2) is 60.9 Å². The molecule has 0 bridgehead atoms. The Balaban J connectivity index is 1.67. The van der Waals surface area contributed by atoms with Gasteiger partial charge >= 0.3 is 0 Å². The van der Waals surface area contributed by atoms with Gasteiger partial charge in [0, 0.05) is 29.5 Å². The van der Waals surface area contributed by atoms with Gasteiger partial charge in [-0.3, -0.25) is 0 Å². The Hall–Kier alpha value is -2.26. The zero-order valence-corrected chi connectivity index (χ0v) is 13.8. The smallest absolute Gasteiger partial charge is 0.119 e. The summed E-state index contributed by atoms with van der Waals surface area (Å²) in [5, 5.41) is 0.737. The molecule has 0 aliphatic rings. The van der Waals surface area contributed by atoms with Crippen molar-refractivity contribution < 1.29 is 4.74 Å². The number of aromatic nitrogens is 2. The summed E-state index contributed by atoms with van der Waals surface area (Å²) in [6.07, 6.45) is 5.89. The lowest BCUT2D eigenvalue weighted by Gasteiger charge is -2.10. The molecule has 3 rings (SSSR count). The van der Waals surface area contributed by atoms with Gasteiger partial charge in [0.1, 0.15) is 18.2 Å². The molecule has 118 valence electrons. The molecule has 0 unspecified atom stereocenters. The van der Waals surface area contributed by atoms with Gasteiger partial charge in [-0.2, -0.15) is 0 Å². The standard InChI is InChI=1S/C19H19ClN2O/c1-2-3-19-21-12-13-22(19)17-8-10-18(11-9-17)23-14-15-4-6-16(20)7-5-15/h4-13H,2-3,14H2,1H3. The van der Waals surface area contributed by atoms with Crippen LogP contribution in [0.25, 0.3) is 5.69 Å². The van der Waals surface area contributed by atoms with Crippen LogP contribution in [0.1, 0.15) is 24.7 Å². The molecule has 0 saturated heterocycles. The van der Waals surface area contributed by atoms with Crippen molar-refractivity contribution in [1.29, 1.82) is 0 Å². The first-order chi connectivity index (χ1) is 11.3. The number of aryl methyl sites for hydroxylation is 1. The fourth-order valence-electron chi connectivity index (χ4n) is 2.43. The summed E-state index contributed by atoms with van der Waals surface area (Å²) in [5.41, 5.74) is 2.20. The number of imidazole rings is 1. The van der Waals surface area contributed by atoms with Gasteiger partial charge in [-0.15, -0.1) is 0 Å². The van der Waals surface area contributed by atoms with E-state index in [-0.39, 0.29) is 0 Å². The van der Waals surface area contributed by atoms with Crippen molar-refractivity contribution >= 4 is 11.6 Å². The summed E-state index contributed by atoms with van der Waals surface area (Å²) in [7, 11) is 0. The molecule has 1 aromatic heterocycles. The van der Waals surface area contributed by atoms with Crippen molar-refractivity contribution in [3.8, 4) is 11.4 Å². The van der Waals surface area contributed by atoms with Gasteiger partial charge in [-0.05, 0) is 48.4 Å². The fourth-order valence-corrected chi connectivity index (χ4v) is 2.55. The lowest BCUT2D eigenvalue weighted by atomic mass is 10.2. The molecule has 0 aliphatic heterocycles. The molecule has 3 aromatic rings. The van der Waals surface area contributed by atoms with E-state index < -0.39 is 0 Å². The van der Waals surface area contributed by atoms with Gasteiger partial charge in [0.2, 0.25) is 0 Å². The summed E-state index contributed by atoms with van der Waals surface area (Å²) in [4.78, 5) is 4.41. The number of hydrogen-bond acceptors (Lipinski definition) is 2. The van der Waals surface area contributed by atoms with E-state index >= 15 is 0 Å². The normalized spacial score (nSPS) is 10.7. The van der Waals surface area contributed by atoms with Crippen LogP contribution in [0, 0.1) is 0 Å². The quantitative estimate of drug-likeness (QED) is 0.633. The SMILES string of the molecule is CCCc1nccn1-c1ccc(OCc2ccc(Cl)cc2)cc1. The Morgan fingerprint density at radius 3 is 2.48 bits per heavy atom. The van der Waals surface area contributed by atoms with E-state index in [1.165, 1.54) is 0 Å². The second-order valence-electron chi connectivity index (χ2n) is 5.37. The second-order valence-corrected chi connectivity index (χ2v) is 5.81. The van der Waals surface area contributed by atoms with Crippen LogP contribution in [-0.4, -0.2) is 9.55 Å². The summed E-state index contributed by atoms with van der Waals surface area (Å²) in [6, 6.07) is 15.8. The average molecular weight is 327 g/mol. The second kappa shape index (κ2) is 7.34. The fraction of sp³-hybridized carbons (Fsp3) is 0.211. The van der Waals surface area contributed by atoms with Gasteiger partial charge in [0.15, 0.2) is 0 Å². The number of halogens is 1. The molecule has 2 aromatic carbocycles. The van der Waals surface area contributed by atoms with Crippen LogP contribution in [0.3, 0.4) is 0 Å².